The number of rotatable bonds is 3. The van der Waals surface area contributed by atoms with Gasteiger partial charge in [-0.15, -0.1) is 0 Å². The largest absolute Gasteiger partial charge is 0.496 e. The molecule has 0 radical (unpaired) electrons. The average Bonchev–Trinajstić information content (AvgIpc) is 2.85. The van der Waals surface area contributed by atoms with Crippen LogP contribution in [0.2, 0.25) is 0 Å². The van der Waals surface area contributed by atoms with Crippen LogP contribution in [0.5, 0.6) is 11.5 Å². The lowest BCUT2D eigenvalue weighted by Crippen LogP contribution is -2.19. The zero-order chi connectivity index (χ0) is 15.0. The van der Waals surface area contributed by atoms with Crippen molar-refractivity contribution in [3.63, 3.8) is 0 Å². The van der Waals surface area contributed by atoms with Crippen molar-refractivity contribution in [3.05, 3.63) is 23.3 Å². The van der Waals surface area contributed by atoms with Gasteiger partial charge in [0.15, 0.2) is 0 Å². The second-order valence-corrected chi connectivity index (χ2v) is 6.80. The molecule has 2 unspecified atom stereocenters. The zero-order valence-corrected chi connectivity index (χ0v) is 13.3. The number of hydrogen-bond acceptors (Lipinski definition) is 3. The van der Waals surface area contributed by atoms with Crippen molar-refractivity contribution in [2.45, 2.75) is 58.2 Å². The fraction of sp³-hybridized carbons (Fsp3) is 0.667. The van der Waals surface area contributed by atoms with E-state index in [0.29, 0.717) is 5.92 Å². The Morgan fingerprint density at radius 2 is 1.90 bits per heavy atom. The summed E-state index contributed by atoms with van der Waals surface area (Å²) in [6.07, 6.45) is 5.30. The summed E-state index contributed by atoms with van der Waals surface area (Å²) in [5.41, 5.74) is 2.08. The first-order valence-electron chi connectivity index (χ1n) is 8.14. The van der Waals surface area contributed by atoms with E-state index in [2.05, 4.69) is 13.8 Å². The Morgan fingerprint density at radius 3 is 2.57 bits per heavy atom. The number of fused-ring (bicyclic) bond motifs is 1. The van der Waals surface area contributed by atoms with E-state index in [1.807, 2.05) is 12.1 Å². The first-order valence-corrected chi connectivity index (χ1v) is 8.14. The summed E-state index contributed by atoms with van der Waals surface area (Å²) in [5.74, 6) is 2.85. The van der Waals surface area contributed by atoms with E-state index < -0.39 is 6.10 Å². The molecule has 3 nitrogen and oxygen atoms in total. The first-order chi connectivity index (χ1) is 10.1. The maximum Gasteiger partial charge on any atom is 0.125 e. The van der Waals surface area contributed by atoms with E-state index in [1.165, 1.54) is 18.4 Å². The molecule has 0 saturated heterocycles. The second-order valence-electron chi connectivity index (χ2n) is 6.80. The maximum absolute atomic E-state index is 10.8. The highest BCUT2D eigenvalue weighted by Crippen LogP contribution is 2.43. The minimum Gasteiger partial charge on any atom is -0.496 e. The Balaban J connectivity index is 1.85. The molecule has 1 saturated carbocycles. The van der Waals surface area contributed by atoms with Gasteiger partial charge in [-0.3, -0.25) is 0 Å². The number of benzene rings is 1. The van der Waals surface area contributed by atoms with Gasteiger partial charge >= 0.3 is 0 Å². The third kappa shape index (κ3) is 2.89. The summed E-state index contributed by atoms with van der Waals surface area (Å²) in [5, 5.41) is 10.8. The zero-order valence-electron chi connectivity index (χ0n) is 13.3. The Labute approximate surface area is 127 Å². The van der Waals surface area contributed by atoms with Gasteiger partial charge < -0.3 is 14.6 Å². The first kappa shape index (κ1) is 14.7. The molecular formula is C18H26O3. The average molecular weight is 290 g/mol. The van der Waals surface area contributed by atoms with E-state index in [1.54, 1.807) is 7.11 Å². The van der Waals surface area contributed by atoms with Crippen LogP contribution in [0.1, 0.15) is 56.8 Å². The Hall–Kier alpha value is -1.22. The summed E-state index contributed by atoms with van der Waals surface area (Å²) in [6, 6.07) is 4.04. The van der Waals surface area contributed by atoms with Crippen molar-refractivity contribution in [1.29, 1.82) is 0 Å². The van der Waals surface area contributed by atoms with Gasteiger partial charge in [-0.25, -0.2) is 0 Å². The Morgan fingerprint density at radius 1 is 1.19 bits per heavy atom. The van der Waals surface area contributed by atoms with Gasteiger partial charge in [0.2, 0.25) is 0 Å². The minimum absolute atomic E-state index is 0.215. The highest BCUT2D eigenvalue weighted by atomic mass is 16.5. The van der Waals surface area contributed by atoms with E-state index in [0.717, 1.165) is 42.2 Å². The third-order valence-electron chi connectivity index (χ3n) is 5.07. The molecule has 0 spiro atoms. The van der Waals surface area contributed by atoms with Crippen LogP contribution in [0.4, 0.5) is 0 Å². The molecule has 0 aromatic heterocycles. The van der Waals surface area contributed by atoms with Crippen LogP contribution < -0.4 is 9.47 Å². The lowest BCUT2D eigenvalue weighted by molar-refractivity contribution is 0.0731. The van der Waals surface area contributed by atoms with E-state index in [-0.39, 0.29) is 6.10 Å². The van der Waals surface area contributed by atoms with Crippen molar-refractivity contribution in [2.24, 2.45) is 11.8 Å². The van der Waals surface area contributed by atoms with Crippen LogP contribution in [0.15, 0.2) is 12.1 Å². The van der Waals surface area contributed by atoms with Crippen molar-refractivity contribution >= 4 is 0 Å². The molecule has 0 bridgehead atoms. The molecule has 1 heterocycles. The van der Waals surface area contributed by atoms with Crippen LogP contribution in [-0.4, -0.2) is 18.3 Å². The number of hydrogen-bond donors (Lipinski definition) is 1. The van der Waals surface area contributed by atoms with Crippen LogP contribution >= 0.6 is 0 Å². The highest BCUT2D eigenvalue weighted by Gasteiger charge is 2.30. The van der Waals surface area contributed by atoms with Gasteiger partial charge in [0.1, 0.15) is 17.6 Å². The summed E-state index contributed by atoms with van der Waals surface area (Å²) in [7, 11) is 1.68. The molecule has 3 rings (SSSR count). The third-order valence-corrected chi connectivity index (χ3v) is 5.07. The van der Waals surface area contributed by atoms with Gasteiger partial charge in [-0.2, -0.15) is 0 Å². The molecule has 0 amide bonds. The fourth-order valence-electron chi connectivity index (χ4n) is 3.72. The smallest absolute Gasteiger partial charge is 0.125 e. The van der Waals surface area contributed by atoms with Gasteiger partial charge in [0.05, 0.1) is 13.2 Å². The molecule has 1 N–H and O–H groups in total. The summed E-state index contributed by atoms with van der Waals surface area (Å²) >= 11 is 0. The van der Waals surface area contributed by atoms with Gasteiger partial charge in [-0.1, -0.05) is 19.8 Å². The van der Waals surface area contributed by atoms with E-state index in [9.17, 15) is 5.11 Å². The second kappa shape index (κ2) is 5.88. The van der Waals surface area contributed by atoms with Crippen molar-refractivity contribution in [2.75, 3.05) is 7.11 Å². The number of aliphatic hydroxyl groups excluding tert-OH is 1. The lowest BCUT2D eigenvalue weighted by atomic mass is 9.78. The number of ether oxygens (including phenoxy) is 2. The van der Waals surface area contributed by atoms with Gasteiger partial charge in [0.25, 0.3) is 0 Å². The highest BCUT2D eigenvalue weighted by molar-refractivity contribution is 5.49. The molecule has 1 aliphatic carbocycles. The standard InChI is InChI=1S/C18H26O3/c1-11-4-6-13(7-5-11)18(19)15-10-16-14(8-12(2)21-16)9-17(15)20-3/h9-13,18-19H,4-8H2,1-3H3. The fourth-order valence-corrected chi connectivity index (χ4v) is 3.72. The molecule has 21 heavy (non-hydrogen) atoms. The van der Waals surface area contributed by atoms with E-state index in [4.69, 9.17) is 9.47 Å². The molecule has 3 heteroatoms. The molecule has 1 aromatic rings. The maximum atomic E-state index is 10.8. The minimum atomic E-state index is -0.447. The number of methoxy groups -OCH3 is 1. The SMILES string of the molecule is COc1cc2c(cc1C(O)C1CCC(C)CC1)OC(C)C2. The summed E-state index contributed by atoms with van der Waals surface area (Å²) in [6.45, 7) is 4.37. The molecule has 1 aromatic carbocycles. The molecule has 2 atom stereocenters. The van der Waals surface area contributed by atoms with Gasteiger partial charge in [0, 0.05) is 17.5 Å². The van der Waals surface area contributed by atoms with Crippen LogP contribution in [-0.2, 0) is 6.42 Å². The molecule has 116 valence electrons. The predicted molar refractivity (Wildman–Crippen MR) is 82.9 cm³/mol. The molecule has 1 aliphatic heterocycles. The van der Waals surface area contributed by atoms with E-state index >= 15 is 0 Å². The van der Waals surface area contributed by atoms with Crippen molar-refractivity contribution < 1.29 is 14.6 Å². The molecule has 2 aliphatic rings. The predicted octanol–water partition coefficient (Wildman–Crippen LogP) is 3.88. The Kier molecular flexibility index (Phi) is 4.12. The van der Waals surface area contributed by atoms with Crippen LogP contribution in [0.3, 0.4) is 0 Å². The quantitative estimate of drug-likeness (QED) is 0.918. The Bertz CT molecular complexity index is 503. The summed E-state index contributed by atoms with van der Waals surface area (Å²) < 4.78 is 11.4. The number of aliphatic hydroxyl groups is 1. The van der Waals surface area contributed by atoms with Crippen molar-refractivity contribution in [3.8, 4) is 11.5 Å². The normalized spacial score (nSPS) is 29.6. The topological polar surface area (TPSA) is 38.7 Å². The van der Waals surface area contributed by atoms with Crippen LogP contribution in [0.25, 0.3) is 0 Å². The summed E-state index contributed by atoms with van der Waals surface area (Å²) in [4.78, 5) is 0. The monoisotopic (exact) mass is 290 g/mol. The molecular weight excluding hydrogens is 264 g/mol. The lowest BCUT2D eigenvalue weighted by Gasteiger charge is -2.30. The van der Waals surface area contributed by atoms with Crippen molar-refractivity contribution in [1.82, 2.24) is 0 Å². The van der Waals surface area contributed by atoms with Gasteiger partial charge in [-0.05, 0) is 43.7 Å². The van der Waals surface area contributed by atoms with Crippen LogP contribution in [0, 0.1) is 11.8 Å². The molecule has 1 fully saturated rings.